The summed E-state index contributed by atoms with van der Waals surface area (Å²) in [4.78, 5) is 31.6. The molecule has 0 spiro atoms. The maximum absolute atomic E-state index is 14.4. The number of anilines is 1. The van der Waals surface area contributed by atoms with Gasteiger partial charge in [0.25, 0.3) is 11.8 Å². The molecule has 1 aromatic heterocycles. The summed E-state index contributed by atoms with van der Waals surface area (Å²) in [6.45, 7) is 8.41. The van der Waals surface area contributed by atoms with Gasteiger partial charge in [-0.3, -0.25) is 14.5 Å². The van der Waals surface area contributed by atoms with E-state index in [1.807, 2.05) is 76.2 Å². The van der Waals surface area contributed by atoms with Crippen molar-refractivity contribution in [1.82, 2.24) is 14.7 Å². The fourth-order valence-electron chi connectivity index (χ4n) is 5.51. The molecule has 5 rings (SSSR count). The Hall–Kier alpha value is -4.26. The van der Waals surface area contributed by atoms with Crippen LogP contribution in [0, 0.1) is 19.7 Å². The topological polar surface area (TPSA) is 58.4 Å². The molecule has 1 aliphatic rings. The van der Waals surface area contributed by atoms with E-state index in [0.717, 1.165) is 28.1 Å². The minimum Gasteiger partial charge on any atom is -0.326 e. The zero-order chi connectivity index (χ0) is 27.0. The number of para-hydroxylation sites is 1. The normalized spacial score (nSPS) is 16.9. The first-order valence-electron chi connectivity index (χ1n) is 12.9. The van der Waals surface area contributed by atoms with Crippen LogP contribution in [0.15, 0.2) is 78.9 Å². The van der Waals surface area contributed by atoms with Crippen molar-refractivity contribution in [2.75, 3.05) is 18.0 Å². The van der Waals surface area contributed by atoms with E-state index in [2.05, 4.69) is 0 Å². The van der Waals surface area contributed by atoms with E-state index in [1.165, 1.54) is 12.1 Å². The van der Waals surface area contributed by atoms with Crippen LogP contribution in [0.25, 0.3) is 5.69 Å². The van der Waals surface area contributed by atoms with Gasteiger partial charge in [-0.15, -0.1) is 0 Å². The SMILES string of the molecule is CCN1C(=O)[C@@H](N(CC)C(=O)c2cccc(C)c2)[C@@H](c2ccc(F)cc2)c2c(C)nn(-c3ccccc3)c21. The van der Waals surface area contributed by atoms with Crippen molar-refractivity contribution in [2.24, 2.45) is 0 Å². The molecule has 0 fully saturated rings. The molecule has 2 heterocycles. The number of aromatic nitrogens is 2. The van der Waals surface area contributed by atoms with Crippen molar-refractivity contribution >= 4 is 17.6 Å². The number of hydrogen-bond donors (Lipinski definition) is 0. The fraction of sp³-hybridized carbons (Fsp3) is 0.258. The van der Waals surface area contributed by atoms with Gasteiger partial charge in [-0.1, -0.05) is 48.0 Å². The molecule has 38 heavy (non-hydrogen) atoms. The monoisotopic (exact) mass is 510 g/mol. The highest BCUT2D eigenvalue weighted by Gasteiger charge is 2.48. The van der Waals surface area contributed by atoms with E-state index in [9.17, 15) is 14.0 Å². The van der Waals surface area contributed by atoms with Crippen LogP contribution >= 0.6 is 0 Å². The van der Waals surface area contributed by atoms with E-state index in [0.29, 0.717) is 24.5 Å². The van der Waals surface area contributed by atoms with Crippen LogP contribution in [0.2, 0.25) is 0 Å². The molecule has 0 N–H and O–H groups in total. The number of likely N-dealkylation sites (N-methyl/N-ethyl adjacent to an activating group) is 2. The van der Waals surface area contributed by atoms with Crippen molar-refractivity contribution in [3.05, 3.63) is 113 Å². The van der Waals surface area contributed by atoms with Crippen molar-refractivity contribution in [3.8, 4) is 5.69 Å². The predicted molar refractivity (Wildman–Crippen MR) is 146 cm³/mol. The summed E-state index contributed by atoms with van der Waals surface area (Å²) in [5.41, 5.74) is 4.71. The van der Waals surface area contributed by atoms with Crippen LogP contribution in [0.1, 0.15) is 52.5 Å². The molecule has 0 saturated heterocycles. The number of aryl methyl sites for hydroxylation is 2. The van der Waals surface area contributed by atoms with E-state index >= 15 is 0 Å². The van der Waals surface area contributed by atoms with E-state index < -0.39 is 12.0 Å². The van der Waals surface area contributed by atoms with E-state index in [-0.39, 0.29) is 17.6 Å². The average molecular weight is 511 g/mol. The smallest absolute Gasteiger partial charge is 0.254 e. The van der Waals surface area contributed by atoms with Gasteiger partial charge >= 0.3 is 0 Å². The lowest BCUT2D eigenvalue weighted by atomic mass is 9.80. The van der Waals surface area contributed by atoms with Gasteiger partial charge < -0.3 is 4.90 Å². The average Bonchev–Trinajstić information content (AvgIpc) is 3.27. The number of nitrogens with zero attached hydrogens (tertiary/aromatic N) is 4. The molecule has 0 bridgehead atoms. The largest absolute Gasteiger partial charge is 0.326 e. The van der Waals surface area contributed by atoms with Gasteiger partial charge in [0.05, 0.1) is 11.4 Å². The highest BCUT2D eigenvalue weighted by atomic mass is 19.1. The maximum atomic E-state index is 14.4. The Morgan fingerprint density at radius 3 is 2.32 bits per heavy atom. The Labute approximate surface area is 222 Å². The summed E-state index contributed by atoms with van der Waals surface area (Å²) in [5.74, 6) is -0.593. The Morgan fingerprint density at radius 2 is 1.68 bits per heavy atom. The Kier molecular flexibility index (Phi) is 6.85. The first-order chi connectivity index (χ1) is 18.3. The molecule has 7 heteroatoms. The first kappa shape index (κ1) is 25.4. The molecular weight excluding hydrogens is 479 g/mol. The third kappa shape index (κ3) is 4.28. The van der Waals surface area contributed by atoms with Gasteiger partial charge in [-0.2, -0.15) is 5.10 Å². The predicted octanol–water partition coefficient (Wildman–Crippen LogP) is 5.66. The van der Waals surface area contributed by atoms with Crippen molar-refractivity contribution in [3.63, 3.8) is 0 Å². The number of hydrogen-bond acceptors (Lipinski definition) is 3. The molecule has 194 valence electrons. The number of rotatable bonds is 6. The van der Waals surface area contributed by atoms with Gasteiger partial charge in [0, 0.05) is 30.1 Å². The van der Waals surface area contributed by atoms with Crippen LogP contribution in [-0.4, -0.2) is 45.6 Å². The number of halogens is 1. The summed E-state index contributed by atoms with van der Waals surface area (Å²) in [6.07, 6.45) is 0. The summed E-state index contributed by atoms with van der Waals surface area (Å²) < 4.78 is 15.8. The zero-order valence-electron chi connectivity index (χ0n) is 22.1. The molecule has 3 aromatic carbocycles. The first-order valence-corrected chi connectivity index (χ1v) is 12.9. The maximum Gasteiger partial charge on any atom is 0.254 e. The fourth-order valence-corrected chi connectivity index (χ4v) is 5.51. The second-order valence-electron chi connectivity index (χ2n) is 9.59. The van der Waals surface area contributed by atoms with Crippen LogP contribution in [0.3, 0.4) is 0 Å². The van der Waals surface area contributed by atoms with E-state index in [4.69, 9.17) is 5.10 Å². The quantitative estimate of drug-likeness (QED) is 0.336. The van der Waals surface area contributed by atoms with Gasteiger partial charge in [0.2, 0.25) is 0 Å². The van der Waals surface area contributed by atoms with Crippen molar-refractivity contribution in [2.45, 2.75) is 39.7 Å². The van der Waals surface area contributed by atoms with Gasteiger partial charge in [-0.25, -0.2) is 9.07 Å². The Bertz CT molecular complexity index is 1480. The summed E-state index contributed by atoms with van der Waals surface area (Å²) in [5, 5.41) is 4.87. The van der Waals surface area contributed by atoms with Gasteiger partial charge in [-0.05, 0) is 69.7 Å². The third-order valence-corrected chi connectivity index (χ3v) is 7.23. The zero-order valence-corrected chi connectivity index (χ0v) is 22.1. The van der Waals surface area contributed by atoms with Crippen LogP contribution < -0.4 is 4.90 Å². The van der Waals surface area contributed by atoms with Crippen LogP contribution in [0.4, 0.5) is 10.2 Å². The third-order valence-electron chi connectivity index (χ3n) is 7.23. The highest BCUT2D eigenvalue weighted by Crippen LogP contribution is 2.45. The minimum absolute atomic E-state index is 0.186. The van der Waals surface area contributed by atoms with Gasteiger partial charge in [0.15, 0.2) is 0 Å². The lowest BCUT2D eigenvalue weighted by Gasteiger charge is -2.43. The van der Waals surface area contributed by atoms with E-state index in [1.54, 1.807) is 32.7 Å². The molecule has 4 aromatic rings. The number of carbonyl (C=O) groups is 2. The molecule has 0 aliphatic carbocycles. The summed E-state index contributed by atoms with van der Waals surface area (Å²) in [6, 6.07) is 22.5. The molecule has 0 radical (unpaired) electrons. The standard InChI is InChI=1S/C31H31FN4O2/c1-5-34(30(37)23-12-10-11-20(3)19-23)28-27(22-15-17-24(32)18-16-22)26-21(4)33-36(25-13-8-7-9-14-25)29(26)35(6-2)31(28)38/h7-19,27-28H,5-6H2,1-4H3/t27-,28-/m0/s1. The van der Waals surface area contributed by atoms with Crippen LogP contribution in [0.5, 0.6) is 0 Å². The molecular formula is C31H31FN4O2. The second-order valence-corrected chi connectivity index (χ2v) is 9.59. The van der Waals surface area contributed by atoms with Crippen LogP contribution in [-0.2, 0) is 4.79 Å². The number of amides is 2. The van der Waals surface area contributed by atoms with Crippen molar-refractivity contribution in [1.29, 1.82) is 0 Å². The number of fused-ring (bicyclic) bond motifs is 1. The highest BCUT2D eigenvalue weighted by molar-refractivity contribution is 6.05. The minimum atomic E-state index is -0.821. The molecule has 2 amide bonds. The summed E-state index contributed by atoms with van der Waals surface area (Å²) in [7, 11) is 0. The Morgan fingerprint density at radius 1 is 0.974 bits per heavy atom. The lowest BCUT2D eigenvalue weighted by molar-refractivity contribution is -0.124. The van der Waals surface area contributed by atoms with Gasteiger partial charge in [0.1, 0.15) is 17.7 Å². The lowest BCUT2D eigenvalue weighted by Crippen LogP contribution is -2.57. The summed E-state index contributed by atoms with van der Waals surface area (Å²) >= 11 is 0. The molecule has 2 atom stereocenters. The number of carbonyl (C=O) groups excluding carboxylic acids is 2. The molecule has 0 saturated carbocycles. The molecule has 0 unspecified atom stereocenters. The van der Waals surface area contributed by atoms with Crippen molar-refractivity contribution < 1.29 is 14.0 Å². The molecule has 1 aliphatic heterocycles. The number of benzene rings is 3. The second kappa shape index (κ2) is 10.2. The Balaban J connectivity index is 1.74. The molecule has 6 nitrogen and oxygen atoms in total.